The zero-order chi connectivity index (χ0) is 11.3. The highest BCUT2D eigenvalue weighted by atomic mass is 79.9. The Morgan fingerprint density at radius 3 is 2.93 bits per heavy atom. The highest BCUT2D eigenvalue weighted by Gasteiger charge is 2.00. The van der Waals surface area contributed by atoms with E-state index in [0.717, 1.165) is 4.47 Å². The molecule has 0 saturated heterocycles. The molecule has 0 amide bonds. The third-order valence-corrected chi connectivity index (χ3v) is 2.23. The molecule has 0 heterocycles. The standard InChI is InChI=1S/C11H8BrNO2/c1-15-11(14)5-3-8-6-10(12)4-2-9(8)7-13/h2-6H,1H3/b5-3+. The van der Waals surface area contributed by atoms with Crippen LogP contribution in [0.2, 0.25) is 0 Å². The van der Waals surface area contributed by atoms with Crippen molar-refractivity contribution in [2.75, 3.05) is 7.11 Å². The summed E-state index contributed by atoms with van der Waals surface area (Å²) < 4.78 is 5.31. The van der Waals surface area contributed by atoms with Gasteiger partial charge in [0.2, 0.25) is 0 Å². The summed E-state index contributed by atoms with van der Waals surface area (Å²) in [4.78, 5) is 10.9. The second kappa shape index (κ2) is 5.32. The summed E-state index contributed by atoms with van der Waals surface area (Å²) in [5.41, 5.74) is 1.19. The maximum atomic E-state index is 10.9. The number of benzene rings is 1. The first-order valence-corrected chi connectivity index (χ1v) is 4.92. The van der Waals surface area contributed by atoms with Crippen LogP contribution in [-0.2, 0) is 9.53 Å². The van der Waals surface area contributed by atoms with Crippen LogP contribution in [0.4, 0.5) is 0 Å². The van der Waals surface area contributed by atoms with Crippen LogP contribution < -0.4 is 0 Å². The number of nitrogens with zero attached hydrogens (tertiary/aromatic N) is 1. The van der Waals surface area contributed by atoms with Crippen molar-refractivity contribution >= 4 is 28.0 Å². The number of ether oxygens (including phenoxy) is 1. The molecule has 15 heavy (non-hydrogen) atoms. The first-order valence-electron chi connectivity index (χ1n) is 4.13. The van der Waals surface area contributed by atoms with Crippen LogP contribution in [0, 0.1) is 11.3 Å². The van der Waals surface area contributed by atoms with E-state index >= 15 is 0 Å². The second-order valence-corrected chi connectivity index (χ2v) is 3.62. The fourth-order valence-electron chi connectivity index (χ4n) is 0.999. The summed E-state index contributed by atoms with van der Waals surface area (Å²) in [7, 11) is 1.30. The fourth-order valence-corrected chi connectivity index (χ4v) is 1.38. The first kappa shape index (κ1) is 11.5. The molecule has 3 nitrogen and oxygen atoms in total. The number of methoxy groups -OCH3 is 1. The molecule has 0 N–H and O–H groups in total. The van der Waals surface area contributed by atoms with Gasteiger partial charge in [-0.15, -0.1) is 0 Å². The van der Waals surface area contributed by atoms with Gasteiger partial charge in [0, 0.05) is 10.5 Å². The molecule has 0 fully saturated rings. The molecule has 1 aromatic rings. The van der Waals surface area contributed by atoms with E-state index in [4.69, 9.17) is 5.26 Å². The van der Waals surface area contributed by atoms with Gasteiger partial charge >= 0.3 is 5.97 Å². The highest BCUT2D eigenvalue weighted by Crippen LogP contribution is 2.17. The lowest BCUT2D eigenvalue weighted by Gasteiger charge is -1.98. The van der Waals surface area contributed by atoms with Crippen molar-refractivity contribution < 1.29 is 9.53 Å². The minimum atomic E-state index is -0.445. The van der Waals surface area contributed by atoms with Gasteiger partial charge in [-0.2, -0.15) is 5.26 Å². The smallest absolute Gasteiger partial charge is 0.330 e. The average Bonchev–Trinajstić information content (AvgIpc) is 2.26. The average molecular weight is 266 g/mol. The van der Waals surface area contributed by atoms with Crippen LogP contribution >= 0.6 is 15.9 Å². The molecule has 1 rings (SSSR count). The van der Waals surface area contributed by atoms with Crippen LogP contribution in [-0.4, -0.2) is 13.1 Å². The molecule has 1 aromatic carbocycles. The van der Waals surface area contributed by atoms with Crippen molar-refractivity contribution in [3.05, 3.63) is 39.9 Å². The maximum absolute atomic E-state index is 10.9. The van der Waals surface area contributed by atoms with Gasteiger partial charge in [0.15, 0.2) is 0 Å². The Labute approximate surface area is 96.1 Å². The molecule has 76 valence electrons. The van der Waals surface area contributed by atoms with Crippen LogP contribution in [0.15, 0.2) is 28.7 Å². The van der Waals surface area contributed by atoms with Crippen molar-refractivity contribution in [3.8, 4) is 6.07 Å². The quantitative estimate of drug-likeness (QED) is 0.610. The van der Waals surface area contributed by atoms with Crippen molar-refractivity contribution in [3.63, 3.8) is 0 Å². The number of hydrogen-bond donors (Lipinski definition) is 0. The summed E-state index contributed by atoms with van der Waals surface area (Å²) >= 11 is 3.29. The molecule has 0 bridgehead atoms. The van der Waals surface area contributed by atoms with Gasteiger partial charge in [0.05, 0.1) is 18.7 Å². The van der Waals surface area contributed by atoms with E-state index in [1.807, 2.05) is 6.07 Å². The van der Waals surface area contributed by atoms with E-state index in [0.29, 0.717) is 11.1 Å². The summed E-state index contributed by atoms with van der Waals surface area (Å²) in [6.45, 7) is 0. The Balaban J connectivity index is 3.03. The molecule has 0 radical (unpaired) electrons. The monoisotopic (exact) mass is 265 g/mol. The molecule has 0 saturated carbocycles. The Morgan fingerprint density at radius 1 is 1.60 bits per heavy atom. The Kier molecular flexibility index (Phi) is 4.07. The molecular weight excluding hydrogens is 258 g/mol. The molecule has 0 aliphatic heterocycles. The van der Waals surface area contributed by atoms with Crippen LogP contribution in [0.1, 0.15) is 11.1 Å². The van der Waals surface area contributed by atoms with Gasteiger partial charge in [-0.3, -0.25) is 0 Å². The lowest BCUT2D eigenvalue weighted by Crippen LogP contribution is -1.93. The summed E-state index contributed by atoms with van der Waals surface area (Å²) in [6.07, 6.45) is 2.83. The lowest BCUT2D eigenvalue weighted by atomic mass is 10.1. The summed E-state index contributed by atoms with van der Waals surface area (Å²) in [5, 5.41) is 8.82. The highest BCUT2D eigenvalue weighted by molar-refractivity contribution is 9.10. The van der Waals surface area contributed by atoms with Gasteiger partial charge in [-0.05, 0) is 29.8 Å². The predicted octanol–water partition coefficient (Wildman–Crippen LogP) is 2.51. The number of esters is 1. The van der Waals surface area contributed by atoms with Gasteiger partial charge in [0.25, 0.3) is 0 Å². The summed E-state index contributed by atoms with van der Waals surface area (Å²) in [6, 6.07) is 7.26. The van der Waals surface area contributed by atoms with E-state index < -0.39 is 5.97 Å². The fraction of sp³-hybridized carbons (Fsp3) is 0.0909. The van der Waals surface area contributed by atoms with Crippen LogP contribution in [0.5, 0.6) is 0 Å². The lowest BCUT2D eigenvalue weighted by molar-refractivity contribution is -0.134. The van der Waals surface area contributed by atoms with Gasteiger partial charge in [-0.25, -0.2) is 4.79 Å². The Bertz CT molecular complexity index is 446. The molecular formula is C11H8BrNO2. The van der Waals surface area contributed by atoms with E-state index in [1.165, 1.54) is 13.2 Å². The first-order chi connectivity index (χ1) is 7.17. The van der Waals surface area contributed by atoms with Gasteiger partial charge < -0.3 is 4.74 Å². The van der Waals surface area contributed by atoms with E-state index in [1.54, 1.807) is 24.3 Å². The van der Waals surface area contributed by atoms with Crippen molar-refractivity contribution in [1.29, 1.82) is 5.26 Å². The molecule has 0 spiro atoms. The van der Waals surface area contributed by atoms with Gasteiger partial charge in [0.1, 0.15) is 0 Å². The minimum Gasteiger partial charge on any atom is -0.466 e. The van der Waals surface area contributed by atoms with E-state index in [-0.39, 0.29) is 0 Å². The Hall–Kier alpha value is -1.60. The van der Waals surface area contributed by atoms with Crippen LogP contribution in [0.25, 0.3) is 6.08 Å². The number of carbonyl (C=O) groups is 1. The zero-order valence-electron chi connectivity index (χ0n) is 8.03. The molecule has 4 heteroatoms. The number of halogens is 1. The van der Waals surface area contributed by atoms with Crippen LogP contribution in [0.3, 0.4) is 0 Å². The molecule has 0 aliphatic rings. The predicted molar refractivity (Wildman–Crippen MR) is 59.9 cm³/mol. The van der Waals surface area contributed by atoms with Gasteiger partial charge in [-0.1, -0.05) is 15.9 Å². The normalized spacial score (nSPS) is 9.93. The summed E-state index contributed by atoms with van der Waals surface area (Å²) in [5.74, 6) is -0.445. The molecule has 0 unspecified atom stereocenters. The number of nitriles is 1. The van der Waals surface area contributed by atoms with Crippen molar-refractivity contribution in [1.82, 2.24) is 0 Å². The van der Waals surface area contributed by atoms with Crippen molar-refractivity contribution in [2.45, 2.75) is 0 Å². The number of hydrogen-bond acceptors (Lipinski definition) is 3. The second-order valence-electron chi connectivity index (χ2n) is 2.70. The maximum Gasteiger partial charge on any atom is 0.330 e. The largest absolute Gasteiger partial charge is 0.466 e. The molecule has 0 aliphatic carbocycles. The van der Waals surface area contributed by atoms with E-state index in [9.17, 15) is 4.79 Å². The Morgan fingerprint density at radius 2 is 2.33 bits per heavy atom. The zero-order valence-corrected chi connectivity index (χ0v) is 9.61. The van der Waals surface area contributed by atoms with E-state index in [2.05, 4.69) is 20.7 Å². The van der Waals surface area contributed by atoms with Crippen molar-refractivity contribution in [2.24, 2.45) is 0 Å². The minimum absolute atomic E-state index is 0.445. The third-order valence-electron chi connectivity index (χ3n) is 1.73. The molecule has 0 atom stereocenters. The number of carbonyl (C=O) groups excluding carboxylic acids is 1. The molecule has 0 aromatic heterocycles. The third kappa shape index (κ3) is 3.22. The SMILES string of the molecule is COC(=O)/C=C/c1cc(Br)ccc1C#N. The number of rotatable bonds is 2. The topological polar surface area (TPSA) is 50.1 Å².